The largest absolute Gasteiger partial charge is 0.252 e. The first kappa shape index (κ1) is 11.0. The van der Waals surface area contributed by atoms with Crippen molar-refractivity contribution in [1.29, 1.82) is 0 Å². The number of nitrogens with zero attached hydrogens (tertiary/aromatic N) is 1. The van der Waals surface area contributed by atoms with E-state index in [0.29, 0.717) is 10.6 Å². The summed E-state index contributed by atoms with van der Waals surface area (Å²) in [7, 11) is -1.22. The maximum absolute atomic E-state index is 12.9. The third-order valence-corrected chi connectivity index (χ3v) is 3.36. The molecule has 2 rings (SSSR count). The number of aromatic nitrogens is 1. The third kappa shape index (κ3) is 2.73. The molecule has 0 saturated carbocycles. The van der Waals surface area contributed by atoms with Crippen LogP contribution in [0.2, 0.25) is 0 Å². The van der Waals surface area contributed by atoms with Crippen molar-refractivity contribution in [3.63, 3.8) is 0 Å². The van der Waals surface area contributed by atoms with Gasteiger partial charge in [-0.3, -0.25) is 4.21 Å². The molecule has 1 unspecified atom stereocenters. The fourth-order valence-electron chi connectivity index (χ4n) is 1.33. The highest BCUT2D eigenvalue weighted by Crippen LogP contribution is 2.10. The number of halogens is 1. The molecule has 1 atom stereocenters. The Morgan fingerprint density at radius 2 is 2.06 bits per heavy atom. The van der Waals surface area contributed by atoms with E-state index in [1.165, 1.54) is 12.1 Å². The van der Waals surface area contributed by atoms with Crippen molar-refractivity contribution in [1.82, 2.24) is 4.98 Å². The van der Waals surface area contributed by atoms with Crippen LogP contribution in [0.25, 0.3) is 0 Å². The lowest BCUT2D eigenvalue weighted by molar-refractivity contribution is 0.626. The molecule has 0 saturated heterocycles. The van der Waals surface area contributed by atoms with E-state index in [9.17, 15) is 8.60 Å². The van der Waals surface area contributed by atoms with Crippen molar-refractivity contribution < 1.29 is 8.60 Å². The number of benzene rings is 1. The minimum atomic E-state index is -1.22. The fourth-order valence-corrected chi connectivity index (χ4v) is 2.37. The molecule has 16 heavy (non-hydrogen) atoms. The first-order valence-corrected chi connectivity index (χ1v) is 6.11. The molecular formula is C12H10FNOS. The van der Waals surface area contributed by atoms with Crippen molar-refractivity contribution >= 4 is 10.8 Å². The Kier molecular flexibility index (Phi) is 3.41. The summed E-state index contributed by atoms with van der Waals surface area (Å²) in [5.41, 5.74) is 0.712. The Labute approximate surface area is 95.6 Å². The van der Waals surface area contributed by atoms with E-state index in [1.54, 1.807) is 36.5 Å². The second-order valence-corrected chi connectivity index (χ2v) is 4.69. The van der Waals surface area contributed by atoms with Crippen LogP contribution in [0, 0.1) is 5.82 Å². The minimum Gasteiger partial charge on any atom is -0.252 e. The van der Waals surface area contributed by atoms with Gasteiger partial charge in [-0.15, -0.1) is 0 Å². The van der Waals surface area contributed by atoms with E-state index in [-0.39, 0.29) is 11.6 Å². The van der Waals surface area contributed by atoms with Crippen molar-refractivity contribution in [3.8, 4) is 0 Å². The maximum Gasteiger partial charge on any atom is 0.127 e. The third-order valence-electron chi connectivity index (χ3n) is 2.06. The van der Waals surface area contributed by atoms with E-state index in [0.717, 1.165) is 0 Å². The van der Waals surface area contributed by atoms with Crippen LogP contribution in [0.5, 0.6) is 0 Å². The first-order chi connectivity index (χ1) is 7.75. The van der Waals surface area contributed by atoms with Gasteiger partial charge in [-0.2, -0.15) is 0 Å². The van der Waals surface area contributed by atoms with E-state index in [4.69, 9.17) is 0 Å². The van der Waals surface area contributed by atoms with Crippen molar-refractivity contribution in [2.24, 2.45) is 0 Å². The molecule has 0 aliphatic heterocycles. The lowest BCUT2D eigenvalue weighted by Gasteiger charge is -2.01. The second-order valence-electron chi connectivity index (χ2n) is 3.29. The molecule has 1 aromatic carbocycles. The quantitative estimate of drug-likeness (QED) is 0.818. The summed E-state index contributed by atoms with van der Waals surface area (Å²) in [6, 6.07) is 11.4. The number of pyridine rings is 1. The topological polar surface area (TPSA) is 30.0 Å². The SMILES string of the molecule is O=S(Cc1cccc(F)c1)c1ccccn1. The Morgan fingerprint density at radius 1 is 1.19 bits per heavy atom. The Bertz CT molecular complexity index is 501. The van der Waals surface area contributed by atoms with Gasteiger partial charge in [0, 0.05) is 6.20 Å². The average molecular weight is 235 g/mol. The zero-order valence-electron chi connectivity index (χ0n) is 8.47. The van der Waals surface area contributed by atoms with Gasteiger partial charge >= 0.3 is 0 Å². The molecule has 0 aliphatic carbocycles. The molecule has 0 amide bonds. The summed E-state index contributed by atoms with van der Waals surface area (Å²) < 4.78 is 24.8. The predicted molar refractivity (Wildman–Crippen MR) is 60.7 cm³/mol. The summed E-state index contributed by atoms with van der Waals surface area (Å²) in [5.74, 6) is -0.0232. The van der Waals surface area contributed by atoms with Gasteiger partial charge in [-0.1, -0.05) is 18.2 Å². The fraction of sp³-hybridized carbons (Fsp3) is 0.0833. The van der Waals surface area contributed by atoms with Crippen LogP contribution in [-0.4, -0.2) is 9.19 Å². The van der Waals surface area contributed by atoms with E-state index >= 15 is 0 Å². The molecule has 82 valence electrons. The zero-order chi connectivity index (χ0) is 11.4. The van der Waals surface area contributed by atoms with Crippen molar-refractivity contribution in [2.75, 3.05) is 0 Å². The molecule has 4 heteroatoms. The minimum absolute atomic E-state index is 0.286. The van der Waals surface area contributed by atoms with Crippen molar-refractivity contribution in [3.05, 3.63) is 60.0 Å². The average Bonchev–Trinajstić information content (AvgIpc) is 2.30. The van der Waals surface area contributed by atoms with Crippen LogP contribution in [-0.2, 0) is 16.6 Å². The van der Waals surface area contributed by atoms with Gasteiger partial charge in [0.1, 0.15) is 10.8 Å². The summed E-state index contributed by atoms with van der Waals surface area (Å²) in [4.78, 5) is 4.00. The Morgan fingerprint density at radius 3 is 2.75 bits per heavy atom. The molecular weight excluding hydrogens is 225 g/mol. The Balaban J connectivity index is 2.14. The molecule has 1 aromatic heterocycles. The lowest BCUT2D eigenvalue weighted by atomic mass is 10.2. The number of hydrogen-bond acceptors (Lipinski definition) is 2. The smallest absolute Gasteiger partial charge is 0.127 e. The molecule has 2 aromatic rings. The molecule has 1 heterocycles. The van der Waals surface area contributed by atoms with Gasteiger partial charge < -0.3 is 0 Å². The van der Waals surface area contributed by atoms with Crippen LogP contribution in [0.4, 0.5) is 4.39 Å². The van der Waals surface area contributed by atoms with Gasteiger partial charge in [0.15, 0.2) is 0 Å². The summed E-state index contributed by atoms with van der Waals surface area (Å²) in [6.07, 6.45) is 1.60. The van der Waals surface area contributed by atoms with Crippen LogP contribution < -0.4 is 0 Å². The monoisotopic (exact) mass is 235 g/mol. The summed E-state index contributed by atoms with van der Waals surface area (Å²) >= 11 is 0. The van der Waals surface area contributed by atoms with Crippen LogP contribution in [0.3, 0.4) is 0 Å². The highest BCUT2D eigenvalue weighted by molar-refractivity contribution is 7.84. The Hall–Kier alpha value is -1.55. The van der Waals surface area contributed by atoms with Crippen LogP contribution in [0.15, 0.2) is 53.7 Å². The summed E-state index contributed by atoms with van der Waals surface area (Å²) in [5, 5.41) is 0.520. The van der Waals surface area contributed by atoms with E-state index in [2.05, 4.69) is 4.98 Å². The highest BCUT2D eigenvalue weighted by atomic mass is 32.2. The number of rotatable bonds is 3. The van der Waals surface area contributed by atoms with Gasteiger partial charge in [0.2, 0.25) is 0 Å². The predicted octanol–water partition coefficient (Wildman–Crippen LogP) is 2.53. The van der Waals surface area contributed by atoms with Crippen LogP contribution >= 0.6 is 0 Å². The van der Waals surface area contributed by atoms with Crippen molar-refractivity contribution in [2.45, 2.75) is 10.8 Å². The molecule has 0 aliphatic rings. The first-order valence-electron chi connectivity index (χ1n) is 4.79. The van der Waals surface area contributed by atoms with Gasteiger partial charge in [0.25, 0.3) is 0 Å². The van der Waals surface area contributed by atoms with Gasteiger partial charge in [0.05, 0.1) is 16.6 Å². The van der Waals surface area contributed by atoms with Gasteiger partial charge in [-0.25, -0.2) is 9.37 Å². The molecule has 0 radical (unpaired) electrons. The molecule has 0 N–H and O–H groups in total. The van der Waals surface area contributed by atoms with Gasteiger partial charge in [-0.05, 0) is 29.8 Å². The summed E-state index contributed by atoms with van der Waals surface area (Å²) in [6.45, 7) is 0. The normalized spacial score (nSPS) is 12.3. The van der Waals surface area contributed by atoms with E-state index < -0.39 is 10.8 Å². The van der Waals surface area contributed by atoms with Crippen LogP contribution in [0.1, 0.15) is 5.56 Å². The number of hydrogen-bond donors (Lipinski definition) is 0. The standard InChI is InChI=1S/C12H10FNOS/c13-11-5-3-4-10(8-11)9-16(15)12-6-1-2-7-14-12/h1-8H,9H2. The van der Waals surface area contributed by atoms with E-state index in [1.807, 2.05) is 0 Å². The molecule has 2 nitrogen and oxygen atoms in total. The molecule has 0 fully saturated rings. The molecule has 0 bridgehead atoms. The second kappa shape index (κ2) is 4.99. The highest BCUT2D eigenvalue weighted by Gasteiger charge is 2.06. The maximum atomic E-state index is 12.9. The molecule has 0 spiro atoms. The zero-order valence-corrected chi connectivity index (χ0v) is 9.28. The lowest BCUT2D eigenvalue weighted by Crippen LogP contribution is -1.98.